The van der Waals surface area contributed by atoms with Crippen LogP contribution in [0.2, 0.25) is 0 Å². The van der Waals surface area contributed by atoms with Gasteiger partial charge in [-0.15, -0.1) is 0 Å². The van der Waals surface area contributed by atoms with Crippen LogP contribution in [0, 0.1) is 5.41 Å². The first-order valence-corrected chi connectivity index (χ1v) is 21.8. The molecule has 2 saturated heterocycles. The molecule has 65 heavy (non-hydrogen) atoms. The van der Waals surface area contributed by atoms with Gasteiger partial charge in [0.1, 0.15) is 42.4 Å². The van der Waals surface area contributed by atoms with E-state index in [-0.39, 0.29) is 33.0 Å². The Balaban J connectivity index is 1.42. The van der Waals surface area contributed by atoms with Crippen LogP contribution in [0.3, 0.4) is 0 Å². The number of carbonyl (C=O) groups excluding carboxylic acids is 2. The van der Waals surface area contributed by atoms with Crippen molar-refractivity contribution in [2.45, 2.75) is 98.6 Å². The number of ether oxygens (including phenoxy) is 12. The molecule has 0 saturated carbocycles. The minimum Gasteiger partial charge on any atom is -0.497 e. The fraction of sp³-hybridized carbons (Fsp3) is 0.426. The minimum atomic E-state index is -2.35. The maximum atomic E-state index is 13.7. The average molecular weight is 961 g/mol. The smallest absolute Gasteiger partial charge is 0.338 e. The Bertz CT molecular complexity index is 2080. The highest BCUT2D eigenvalue weighted by Gasteiger charge is 2.57. The molecule has 4 aromatic carbocycles. The molecule has 0 radical (unpaired) electrons. The lowest BCUT2D eigenvalue weighted by molar-refractivity contribution is -0.364. The zero-order valence-corrected chi connectivity index (χ0v) is 38.4. The third-order valence-corrected chi connectivity index (χ3v) is 11.0. The standard InChI is InChI=1S/C47H52Cl3NO14/c1-29(52)61-42-37(55-3)39(40(43(53)56-4)64-45(42)65-46(51)47(48,49)50)63-44-41(60-26-32-18-12-7-13-19-32)38(59-25-31-16-10-6-11-17-31)36(58-27-33-20-22-34(54-2)23-21-33)35(62-44)28-57-24-30-14-8-5-9-15-30/h5-23,35-42,44-45,51H,24-28H2,1-4H3/t35-,36-,37+,38+,39+,40+,41-,42-,44-,45?/m1/s1. The van der Waals surface area contributed by atoms with Crippen LogP contribution in [0.25, 0.3) is 0 Å². The molecule has 2 aliphatic heterocycles. The first kappa shape index (κ1) is 50.1. The molecule has 0 bridgehead atoms. The minimum absolute atomic E-state index is 0.0148. The lowest BCUT2D eigenvalue weighted by Crippen LogP contribution is -2.67. The van der Waals surface area contributed by atoms with Gasteiger partial charge in [-0.1, -0.05) is 138 Å². The molecule has 2 fully saturated rings. The Morgan fingerprint density at radius 1 is 0.600 bits per heavy atom. The summed E-state index contributed by atoms with van der Waals surface area (Å²) in [6.45, 7) is 1.70. The quantitative estimate of drug-likeness (QED) is 0.0406. The zero-order chi connectivity index (χ0) is 46.3. The lowest BCUT2D eigenvalue weighted by atomic mass is 9.95. The molecular weight excluding hydrogens is 909 g/mol. The summed E-state index contributed by atoms with van der Waals surface area (Å²) in [6, 6.07) is 36.1. The number of halogens is 3. The molecule has 18 heteroatoms. The van der Waals surface area contributed by atoms with Crippen molar-refractivity contribution in [3.05, 3.63) is 138 Å². The van der Waals surface area contributed by atoms with Gasteiger partial charge in [0, 0.05) is 14.0 Å². The third kappa shape index (κ3) is 14.1. The van der Waals surface area contributed by atoms with Gasteiger partial charge in [0.05, 0.1) is 47.3 Å². The molecule has 0 amide bonds. The van der Waals surface area contributed by atoms with Crippen molar-refractivity contribution in [2.75, 3.05) is 27.9 Å². The Labute approximate surface area is 392 Å². The molecular formula is C47H52Cl3NO14. The maximum absolute atomic E-state index is 13.7. The summed E-state index contributed by atoms with van der Waals surface area (Å²) in [5.74, 6) is -1.93. The Hall–Kier alpha value is -4.36. The van der Waals surface area contributed by atoms with E-state index in [0.717, 1.165) is 36.3 Å². The van der Waals surface area contributed by atoms with Crippen molar-refractivity contribution in [1.82, 2.24) is 0 Å². The lowest BCUT2D eigenvalue weighted by Gasteiger charge is -2.49. The normalized spacial score (nSPS) is 25.6. The second-order valence-corrected chi connectivity index (χ2v) is 17.2. The molecule has 4 aromatic rings. The van der Waals surface area contributed by atoms with Crippen molar-refractivity contribution in [3.8, 4) is 5.75 Å². The molecule has 0 aliphatic carbocycles. The summed E-state index contributed by atoms with van der Waals surface area (Å²) in [7, 11) is 4.04. The fourth-order valence-corrected chi connectivity index (χ4v) is 7.42. The molecule has 2 heterocycles. The van der Waals surface area contributed by atoms with Crippen molar-refractivity contribution in [1.29, 1.82) is 5.41 Å². The topological polar surface area (TPSA) is 169 Å². The van der Waals surface area contributed by atoms with E-state index >= 15 is 0 Å². The third-order valence-electron chi connectivity index (χ3n) is 10.4. The summed E-state index contributed by atoms with van der Waals surface area (Å²) in [6.07, 6.45) is -12.9. The van der Waals surface area contributed by atoms with Crippen LogP contribution in [-0.4, -0.2) is 111 Å². The van der Waals surface area contributed by atoms with Crippen molar-refractivity contribution in [2.24, 2.45) is 0 Å². The van der Waals surface area contributed by atoms with Crippen molar-refractivity contribution in [3.63, 3.8) is 0 Å². The van der Waals surface area contributed by atoms with E-state index in [0.29, 0.717) is 5.75 Å². The second kappa shape index (κ2) is 24.4. The monoisotopic (exact) mass is 959 g/mol. The van der Waals surface area contributed by atoms with Gasteiger partial charge in [-0.05, 0) is 34.4 Å². The van der Waals surface area contributed by atoms with Crippen LogP contribution < -0.4 is 4.74 Å². The number of benzene rings is 4. The Morgan fingerprint density at radius 3 is 1.63 bits per heavy atom. The molecule has 0 spiro atoms. The molecule has 15 nitrogen and oxygen atoms in total. The molecule has 6 rings (SSSR count). The summed E-state index contributed by atoms with van der Waals surface area (Å²) >= 11 is 17.8. The first-order valence-electron chi connectivity index (χ1n) is 20.6. The number of alkyl halides is 3. The Kier molecular flexibility index (Phi) is 18.8. The van der Waals surface area contributed by atoms with Gasteiger partial charge in [0.25, 0.3) is 3.79 Å². The van der Waals surface area contributed by atoms with Gasteiger partial charge < -0.3 is 56.8 Å². The SMILES string of the molecule is COC(=O)[C@H]1OC(OC(=N)C(Cl)(Cl)Cl)[C@H](OC(C)=O)[C@@H](OC)[C@@H]1O[C@H]1O[C@H](COCc2ccccc2)[C@@H](OCc2ccc(OC)cc2)[C@H](OCc2ccccc2)[C@H]1OCc1ccccc1. The highest BCUT2D eigenvalue weighted by molar-refractivity contribution is 6.76. The van der Waals surface area contributed by atoms with Crippen LogP contribution in [0.15, 0.2) is 115 Å². The average Bonchev–Trinajstić information content (AvgIpc) is 3.31. The Morgan fingerprint density at radius 2 is 1.12 bits per heavy atom. The van der Waals surface area contributed by atoms with E-state index in [1.54, 1.807) is 7.11 Å². The molecule has 2 aliphatic rings. The highest BCUT2D eigenvalue weighted by atomic mass is 35.6. The predicted molar refractivity (Wildman–Crippen MR) is 237 cm³/mol. The molecule has 1 unspecified atom stereocenters. The van der Waals surface area contributed by atoms with Gasteiger partial charge in [-0.2, -0.15) is 0 Å². The maximum Gasteiger partial charge on any atom is 0.338 e. The van der Waals surface area contributed by atoms with E-state index in [4.69, 9.17) is 97.1 Å². The van der Waals surface area contributed by atoms with Crippen molar-refractivity contribution >= 4 is 52.6 Å². The van der Waals surface area contributed by atoms with E-state index in [9.17, 15) is 9.59 Å². The van der Waals surface area contributed by atoms with E-state index in [1.807, 2.05) is 115 Å². The molecule has 0 aromatic heterocycles. The number of carbonyl (C=O) groups is 2. The number of nitrogens with one attached hydrogen (secondary N) is 1. The molecule has 1 N–H and O–H groups in total. The van der Waals surface area contributed by atoms with Crippen molar-refractivity contribution < 1.29 is 66.4 Å². The molecule has 10 atom stereocenters. The van der Waals surface area contributed by atoms with Gasteiger partial charge in [0.2, 0.25) is 12.2 Å². The number of hydrogen-bond acceptors (Lipinski definition) is 15. The number of rotatable bonds is 20. The number of methoxy groups -OCH3 is 3. The molecule has 350 valence electrons. The van der Waals surface area contributed by atoms with E-state index in [1.165, 1.54) is 7.11 Å². The van der Waals surface area contributed by atoms with Crippen LogP contribution in [0.1, 0.15) is 29.2 Å². The van der Waals surface area contributed by atoms with E-state index in [2.05, 4.69) is 0 Å². The van der Waals surface area contributed by atoms with Gasteiger partial charge in [-0.25, -0.2) is 4.79 Å². The summed E-state index contributed by atoms with van der Waals surface area (Å²) in [5, 5.41) is 8.27. The van der Waals surface area contributed by atoms with Crippen LogP contribution in [0.5, 0.6) is 5.75 Å². The second-order valence-electron chi connectivity index (χ2n) is 15.0. The van der Waals surface area contributed by atoms with Crippen LogP contribution in [0.4, 0.5) is 0 Å². The first-order chi connectivity index (χ1) is 31.4. The van der Waals surface area contributed by atoms with E-state index < -0.39 is 83.0 Å². The van der Waals surface area contributed by atoms with Crippen LogP contribution >= 0.6 is 34.8 Å². The van der Waals surface area contributed by atoms with Gasteiger partial charge >= 0.3 is 11.9 Å². The number of hydrogen-bond donors (Lipinski definition) is 1. The fourth-order valence-electron chi connectivity index (χ4n) is 7.29. The summed E-state index contributed by atoms with van der Waals surface area (Å²) in [4.78, 5) is 26.3. The predicted octanol–water partition coefficient (Wildman–Crippen LogP) is 7.29. The van der Waals surface area contributed by atoms with Crippen LogP contribution in [-0.2, 0) is 88.1 Å². The van der Waals surface area contributed by atoms with Gasteiger partial charge in [0.15, 0.2) is 18.5 Å². The summed E-state index contributed by atoms with van der Waals surface area (Å²) < 4.78 is 71.8. The zero-order valence-electron chi connectivity index (χ0n) is 36.1. The largest absolute Gasteiger partial charge is 0.497 e. The number of esters is 2. The summed E-state index contributed by atoms with van der Waals surface area (Å²) in [5.41, 5.74) is 3.46. The van der Waals surface area contributed by atoms with Gasteiger partial charge in [-0.3, -0.25) is 10.2 Å². The highest BCUT2D eigenvalue weighted by Crippen LogP contribution is 2.38.